The molecule has 2 atom stereocenters. The van der Waals surface area contributed by atoms with E-state index in [0.29, 0.717) is 16.4 Å². The van der Waals surface area contributed by atoms with Gasteiger partial charge < -0.3 is 24.8 Å². The van der Waals surface area contributed by atoms with E-state index in [1.165, 1.54) is 0 Å². The van der Waals surface area contributed by atoms with E-state index in [4.69, 9.17) is 14.5 Å². The van der Waals surface area contributed by atoms with E-state index < -0.39 is 5.60 Å². The molecule has 3 fully saturated rings. The van der Waals surface area contributed by atoms with Crippen molar-refractivity contribution in [3.05, 3.63) is 16.0 Å². The Morgan fingerprint density at radius 3 is 2.53 bits per heavy atom. The maximum absolute atomic E-state index is 12.6. The molecule has 2 aliphatic carbocycles. The molecule has 178 valence electrons. The number of aryl methyl sites for hydroxylation is 1. The fourth-order valence-corrected chi connectivity index (χ4v) is 5.33. The molecule has 9 heteroatoms. The molecule has 1 aliphatic heterocycles. The number of nitrogens with one attached hydrogen (secondary N) is 1. The highest BCUT2D eigenvalue weighted by molar-refractivity contribution is 9.10. The minimum absolute atomic E-state index is 0.0236. The molecule has 2 saturated carbocycles. The number of hydrogen-bond acceptors (Lipinski definition) is 7. The molecule has 4 rings (SSSR count). The summed E-state index contributed by atoms with van der Waals surface area (Å²) in [5.74, 6) is 0.753. The van der Waals surface area contributed by atoms with Crippen LogP contribution in [0.15, 0.2) is 4.60 Å². The highest BCUT2D eigenvalue weighted by Crippen LogP contribution is 2.49. The molecular formula is C23H35BrN4O4. The van der Waals surface area contributed by atoms with Gasteiger partial charge >= 0.3 is 6.09 Å². The number of hydrogen-bond donors (Lipinski definition) is 2. The van der Waals surface area contributed by atoms with Gasteiger partial charge in [0.05, 0.1) is 24.5 Å². The molecule has 1 aromatic rings. The predicted octanol–water partition coefficient (Wildman–Crippen LogP) is 3.86. The molecule has 1 saturated heterocycles. The number of halogens is 1. The van der Waals surface area contributed by atoms with E-state index in [1.54, 1.807) is 0 Å². The Morgan fingerprint density at radius 2 is 1.94 bits per heavy atom. The molecular weight excluding hydrogens is 476 g/mol. The molecule has 1 spiro atoms. The van der Waals surface area contributed by atoms with Gasteiger partial charge in [-0.3, -0.25) is 0 Å². The summed E-state index contributed by atoms with van der Waals surface area (Å²) in [6.45, 7) is 9.00. The third-order valence-corrected chi connectivity index (χ3v) is 7.50. The van der Waals surface area contributed by atoms with Crippen LogP contribution in [0.1, 0.15) is 70.7 Å². The van der Waals surface area contributed by atoms with Gasteiger partial charge in [-0.05, 0) is 87.6 Å². The van der Waals surface area contributed by atoms with E-state index in [-0.39, 0.29) is 30.3 Å². The number of amides is 1. The number of nitrogens with zero attached hydrogens (tertiary/aromatic N) is 3. The third kappa shape index (κ3) is 5.37. The minimum Gasteiger partial charge on any atom is -0.444 e. The van der Waals surface area contributed by atoms with Crippen LogP contribution in [0.4, 0.5) is 10.6 Å². The fourth-order valence-electron chi connectivity index (χ4n) is 5.03. The maximum atomic E-state index is 12.6. The van der Waals surface area contributed by atoms with Gasteiger partial charge in [0, 0.05) is 19.1 Å². The number of rotatable bonds is 5. The van der Waals surface area contributed by atoms with E-state index >= 15 is 0 Å². The number of anilines is 1. The number of aliphatic hydroxyl groups is 1. The highest BCUT2D eigenvalue weighted by atomic mass is 79.9. The molecule has 2 N–H and O–H groups in total. The Bertz CT molecular complexity index is 847. The van der Waals surface area contributed by atoms with Crippen molar-refractivity contribution in [2.24, 2.45) is 5.41 Å². The summed E-state index contributed by atoms with van der Waals surface area (Å²) in [6, 6.07) is 0.0262. The average Bonchev–Trinajstić information content (AvgIpc) is 3.46. The lowest BCUT2D eigenvalue weighted by atomic mass is 9.74. The Balaban J connectivity index is 1.48. The molecule has 32 heavy (non-hydrogen) atoms. The summed E-state index contributed by atoms with van der Waals surface area (Å²) < 4.78 is 12.5. The third-order valence-electron chi connectivity index (χ3n) is 6.74. The van der Waals surface area contributed by atoms with Gasteiger partial charge in [-0.15, -0.1) is 0 Å². The summed E-state index contributed by atoms with van der Waals surface area (Å²) in [4.78, 5) is 24.0. The van der Waals surface area contributed by atoms with Crippen LogP contribution in [0, 0.1) is 12.3 Å². The number of carbonyl (C=O) groups excluding carboxylic acids is 1. The molecule has 0 unspecified atom stereocenters. The molecule has 3 aliphatic rings. The lowest BCUT2D eigenvalue weighted by Crippen LogP contribution is -2.51. The minimum atomic E-state index is -0.526. The number of carbonyl (C=O) groups is 1. The van der Waals surface area contributed by atoms with Crippen LogP contribution >= 0.6 is 15.9 Å². The Labute approximate surface area is 198 Å². The number of ether oxygens (including phenoxy) is 2. The summed E-state index contributed by atoms with van der Waals surface area (Å²) in [5.41, 5.74) is 0.843. The van der Waals surface area contributed by atoms with Crippen LogP contribution in [0.5, 0.6) is 0 Å². The van der Waals surface area contributed by atoms with Crippen LogP contribution in [0.2, 0.25) is 0 Å². The van der Waals surface area contributed by atoms with Crippen molar-refractivity contribution in [3.63, 3.8) is 0 Å². The first-order valence-electron chi connectivity index (χ1n) is 11.6. The molecule has 0 radical (unpaired) electrons. The normalized spacial score (nSPS) is 25.2. The standard InChI is InChI=1S/C23H35BrN4O4/c1-14-19(24)26-17(13-29)20(25-14)28-9-7-23(8-10-28)12-16(31-15-5-6-15)11-18(23)27-21(30)32-22(2,3)4/h15-16,18,29H,5-13H2,1-4H3,(H,27,30)/t16-,18+/m0/s1. The quantitative estimate of drug-likeness (QED) is 0.620. The molecule has 0 aromatic carbocycles. The first-order valence-corrected chi connectivity index (χ1v) is 12.4. The zero-order chi connectivity index (χ0) is 23.1. The van der Waals surface area contributed by atoms with E-state index in [1.807, 2.05) is 27.7 Å². The van der Waals surface area contributed by atoms with Gasteiger partial charge in [0.15, 0.2) is 5.82 Å². The van der Waals surface area contributed by atoms with Crippen molar-refractivity contribution in [1.82, 2.24) is 15.3 Å². The molecule has 2 heterocycles. The van der Waals surface area contributed by atoms with Crippen LogP contribution in [-0.2, 0) is 16.1 Å². The summed E-state index contributed by atoms with van der Waals surface area (Å²) in [5, 5.41) is 13.0. The van der Waals surface area contributed by atoms with Crippen molar-refractivity contribution >= 4 is 27.8 Å². The molecule has 0 bridgehead atoms. The predicted molar refractivity (Wildman–Crippen MR) is 125 cm³/mol. The van der Waals surface area contributed by atoms with Crippen molar-refractivity contribution < 1.29 is 19.4 Å². The largest absolute Gasteiger partial charge is 0.444 e. The monoisotopic (exact) mass is 510 g/mol. The second kappa shape index (κ2) is 9.06. The van der Waals surface area contributed by atoms with Crippen molar-refractivity contribution in [2.75, 3.05) is 18.0 Å². The lowest BCUT2D eigenvalue weighted by molar-refractivity contribution is 0.0333. The van der Waals surface area contributed by atoms with Crippen LogP contribution in [0.25, 0.3) is 0 Å². The zero-order valence-electron chi connectivity index (χ0n) is 19.5. The number of aliphatic hydroxyl groups excluding tert-OH is 1. The summed E-state index contributed by atoms with van der Waals surface area (Å²) >= 11 is 3.41. The second-order valence-electron chi connectivity index (χ2n) is 10.5. The highest BCUT2D eigenvalue weighted by Gasteiger charge is 2.51. The van der Waals surface area contributed by atoms with E-state index in [2.05, 4.69) is 31.1 Å². The van der Waals surface area contributed by atoms with Gasteiger partial charge in [-0.1, -0.05) is 0 Å². The average molecular weight is 511 g/mol. The fraction of sp³-hybridized carbons (Fsp3) is 0.783. The Kier molecular flexibility index (Phi) is 6.71. The van der Waals surface area contributed by atoms with Gasteiger partial charge in [-0.25, -0.2) is 14.8 Å². The maximum Gasteiger partial charge on any atom is 0.407 e. The number of aromatic nitrogens is 2. The topological polar surface area (TPSA) is 96.8 Å². The van der Waals surface area contributed by atoms with E-state index in [0.717, 1.165) is 63.1 Å². The first-order chi connectivity index (χ1) is 15.1. The molecule has 1 amide bonds. The molecule has 1 aromatic heterocycles. The van der Waals surface area contributed by atoms with Gasteiger partial charge in [0.1, 0.15) is 15.9 Å². The second-order valence-corrected chi connectivity index (χ2v) is 11.2. The van der Waals surface area contributed by atoms with Crippen LogP contribution in [0.3, 0.4) is 0 Å². The van der Waals surface area contributed by atoms with Gasteiger partial charge in [0.2, 0.25) is 0 Å². The van der Waals surface area contributed by atoms with E-state index in [9.17, 15) is 9.90 Å². The smallest absolute Gasteiger partial charge is 0.407 e. The first kappa shape index (κ1) is 23.7. The van der Waals surface area contributed by atoms with Gasteiger partial charge in [0.25, 0.3) is 0 Å². The lowest BCUT2D eigenvalue weighted by Gasteiger charge is -2.44. The number of piperidine rings is 1. The summed E-state index contributed by atoms with van der Waals surface area (Å²) in [7, 11) is 0. The van der Waals surface area contributed by atoms with Crippen LogP contribution < -0.4 is 10.2 Å². The van der Waals surface area contributed by atoms with Crippen molar-refractivity contribution in [3.8, 4) is 0 Å². The Hall–Kier alpha value is -1.45. The SMILES string of the molecule is Cc1nc(N2CCC3(CC2)C[C@@H](OC2CC2)C[C@H]3NC(=O)OC(C)(C)C)c(CO)nc1Br. The summed E-state index contributed by atoms with van der Waals surface area (Å²) in [6.07, 6.45) is 6.12. The molecule has 8 nitrogen and oxygen atoms in total. The van der Waals surface area contributed by atoms with Crippen molar-refractivity contribution in [1.29, 1.82) is 0 Å². The zero-order valence-corrected chi connectivity index (χ0v) is 21.1. The number of alkyl carbamates (subject to hydrolysis) is 1. The van der Waals surface area contributed by atoms with Crippen LogP contribution in [-0.4, -0.2) is 58.1 Å². The van der Waals surface area contributed by atoms with Crippen molar-refractivity contribution in [2.45, 2.75) is 96.7 Å². The van der Waals surface area contributed by atoms with Gasteiger partial charge in [-0.2, -0.15) is 0 Å². The Morgan fingerprint density at radius 1 is 1.25 bits per heavy atom.